The van der Waals surface area contributed by atoms with Crippen molar-refractivity contribution in [2.45, 2.75) is 45.4 Å². The van der Waals surface area contributed by atoms with Gasteiger partial charge in [-0.15, -0.1) is 0 Å². The van der Waals surface area contributed by atoms with Crippen LogP contribution in [0, 0.1) is 0 Å². The van der Waals surface area contributed by atoms with E-state index in [9.17, 15) is 9.59 Å². The number of alkyl carbamates (subject to hydrolysis) is 1. The van der Waals surface area contributed by atoms with Crippen molar-refractivity contribution in [2.24, 2.45) is 0 Å². The van der Waals surface area contributed by atoms with Crippen LogP contribution in [0.3, 0.4) is 0 Å². The number of nitrogens with one attached hydrogen (secondary N) is 1. The van der Waals surface area contributed by atoms with Gasteiger partial charge in [0.1, 0.15) is 6.54 Å². The Labute approximate surface area is 96.2 Å². The van der Waals surface area contributed by atoms with Crippen molar-refractivity contribution in [1.82, 2.24) is 5.32 Å². The van der Waals surface area contributed by atoms with Gasteiger partial charge in [0, 0.05) is 0 Å². The summed E-state index contributed by atoms with van der Waals surface area (Å²) in [5, 5.41) is 10.4. The lowest BCUT2D eigenvalue weighted by Gasteiger charge is -2.04. The molecule has 0 aliphatic heterocycles. The Kier molecular flexibility index (Phi) is 9.46. The second kappa shape index (κ2) is 10.3. The third-order valence-electron chi connectivity index (χ3n) is 2.11. The molecule has 0 spiro atoms. The van der Waals surface area contributed by atoms with E-state index in [1.54, 1.807) is 0 Å². The zero-order valence-corrected chi connectivity index (χ0v) is 9.83. The zero-order chi connectivity index (χ0) is 12.2. The fourth-order valence-corrected chi connectivity index (χ4v) is 1.25. The Morgan fingerprint density at radius 2 is 1.75 bits per heavy atom. The molecule has 0 aromatic rings. The molecule has 0 saturated carbocycles. The lowest BCUT2D eigenvalue weighted by Crippen LogP contribution is -2.30. The normalized spacial score (nSPS) is 9.81. The molecule has 0 aliphatic rings. The number of amides is 1. The van der Waals surface area contributed by atoms with Gasteiger partial charge in [-0.05, 0) is 6.42 Å². The van der Waals surface area contributed by atoms with E-state index in [1.807, 2.05) is 0 Å². The summed E-state index contributed by atoms with van der Waals surface area (Å²) >= 11 is 0. The fraction of sp³-hybridized carbons (Fsp3) is 0.818. The zero-order valence-electron chi connectivity index (χ0n) is 9.83. The summed E-state index contributed by atoms with van der Waals surface area (Å²) in [6, 6.07) is 0. The second-order valence-electron chi connectivity index (χ2n) is 3.65. The Hall–Kier alpha value is -1.26. The Bertz CT molecular complexity index is 206. The summed E-state index contributed by atoms with van der Waals surface area (Å²) in [7, 11) is 0. The molecule has 16 heavy (non-hydrogen) atoms. The highest BCUT2D eigenvalue weighted by atomic mass is 16.5. The largest absolute Gasteiger partial charge is 0.480 e. The first-order valence-corrected chi connectivity index (χ1v) is 5.79. The summed E-state index contributed by atoms with van der Waals surface area (Å²) in [6.45, 7) is 2.13. The number of aliphatic carboxylic acids is 1. The second-order valence-corrected chi connectivity index (χ2v) is 3.65. The van der Waals surface area contributed by atoms with E-state index in [-0.39, 0.29) is 0 Å². The molecule has 0 saturated heterocycles. The number of carboxylic acid groups (broad SMARTS) is 1. The first-order valence-electron chi connectivity index (χ1n) is 5.79. The van der Waals surface area contributed by atoms with Gasteiger partial charge in [-0.1, -0.05) is 39.0 Å². The lowest BCUT2D eigenvalue weighted by atomic mass is 10.1. The van der Waals surface area contributed by atoms with E-state index in [2.05, 4.69) is 12.2 Å². The molecule has 0 aromatic heterocycles. The number of hydrogen-bond acceptors (Lipinski definition) is 3. The van der Waals surface area contributed by atoms with Crippen molar-refractivity contribution in [3.05, 3.63) is 0 Å². The van der Waals surface area contributed by atoms with Crippen molar-refractivity contribution in [3.63, 3.8) is 0 Å². The van der Waals surface area contributed by atoms with Crippen molar-refractivity contribution < 1.29 is 19.4 Å². The van der Waals surface area contributed by atoms with Gasteiger partial charge in [-0.3, -0.25) is 4.79 Å². The van der Waals surface area contributed by atoms with Crippen molar-refractivity contribution in [2.75, 3.05) is 13.2 Å². The minimum Gasteiger partial charge on any atom is -0.480 e. The SMILES string of the molecule is CCCCCCCCOC(=O)NCC(=O)O. The van der Waals surface area contributed by atoms with Crippen LogP contribution < -0.4 is 5.32 Å². The van der Waals surface area contributed by atoms with Gasteiger partial charge >= 0.3 is 12.1 Å². The number of carbonyl (C=O) groups is 2. The van der Waals surface area contributed by atoms with Crippen LogP contribution in [0.25, 0.3) is 0 Å². The van der Waals surface area contributed by atoms with Gasteiger partial charge in [0.25, 0.3) is 0 Å². The minimum atomic E-state index is -1.07. The van der Waals surface area contributed by atoms with Crippen LogP contribution in [0.4, 0.5) is 4.79 Å². The highest BCUT2D eigenvalue weighted by Crippen LogP contribution is 2.04. The average Bonchev–Trinajstić information content (AvgIpc) is 2.25. The number of carboxylic acids is 1. The number of unbranched alkanes of at least 4 members (excludes halogenated alkanes) is 5. The quantitative estimate of drug-likeness (QED) is 0.596. The van der Waals surface area contributed by atoms with Crippen LogP contribution in [-0.2, 0) is 9.53 Å². The molecule has 0 bridgehead atoms. The predicted octanol–water partition coefficient (Wildman–Crippen LogP) is 2.16. The molecule has 0 fully saturated rings. The molecule has 1 amide bonds. The Morgan fingerprint density at radius 1 is 1.12 bits per heavy atom. The molecule has 0 aromatic carbocycles. The first kappa shape index (κ1) is 14.7. The van der Waals surface area contributed by atoms with E-state index < -0.39 is 18.6 Å². The maximum absolute atomic E-state index is 10.9. The van der Waals surface area contributed by atoms with E-state index in [0.717, 1.165) is 19.3 Å². The van der Waals surface area contributed by atoms with Crippen molar-refractivity contribution >= 4 is 12.1 Å². The average molecular weight is 231 g/mol. The summed E-state index contributed by atoms with van der Waals surface area (Å²) in [4.78, 5) is 21.0. The maximum Gasteiger partial charge on any atom is 0.407 e. The molecule has 0 aliphatic carbocycles. The van der Waals surface area contributed by atoms with E-state index in [4.69, 9.17) is 9.84 Å². The van der Waals surface area contributed by atoms with Crippen LogP contribution in [0.5, 0.6) is 0 Å². The third-order valence-corrected chi connectivity index (χ3v) is 2.11. The molecule has 0 heterocycles. The van der Waals surface area contributed by atoms with Crippen LogP contribution >= 0.6 is 0 Å². The van der Waals surface area contributed by atoms with Gasteiger partial charge in [-0.25, -0.2) is 4.79 Å². The molecular weight excluding hydrogens is 210 g/mol. The molecule has 0 rings (SSSR count). The molecule has 0 atom stereocenters. The molecule has 94 valence electrons. The Balaban J connectivity index is 3.18. The minimum absolute atomic E-state index is 0.359. The monoisotopic (exact) mass is 231 g/mol. The maximum atomic E-state index is 10.9. The van der Waals surface area contributed by atoms with Crippen LogP contribution in [0.15, 0.2) is 0 Å². The molecule has 0 radical (unpaired) electrons. The molecule has 5 heteroatoms. The van der Waals surface area contributed by atoms with Crippen molar-refractivity contribution in [1.29, 1.82) is 0 Å². The summed E-state index contributed by atoms with van der Waals surface area (Å²) < 4.78 is 4.79. The first-order chi connectivity index (χ1) is 7.66. The highest BCUT2D eigenvalue weighted by molar-refractivity contribution is 5.76. The van der Waals surface area contributed by atoms with Gasteiger partial charge in [-0.2, -0.15) is 0 Å². The van der Waals surface area contributed by atoms with E-state index >= 15 is 0 Å². The van der Waals surface area contributed by atoms with E-state index in [1.165, 1.54) is 19.3 Å². The smallest absolute Gasteiger partial charge is 0.407 e. The number of ether oxygens (including phenoxy) is 1. The molecule has 2 N–H and O–H groups in total. The lowest BCUT2D eigenvalue weighted by molar-refractivity contribution is -0.135. The van der Waals surface area contributed by atoms with Crippen molar-refractivity contribution in [3.8, 4) is 0 Å². The summed E-state index contributed by atoms with van der Waals surface area (Å²) in [5.41, 5.74) is 0. The summed E-state index contributed by atoms with van der Waals surface area (Å²) in [5.74, 6) is -1.07. The molecule has 5 nitrogen and oxygen atoms in total. The number of rotatable bonds is 9. The fourth-order valence-electron chi connectivity index (χ4n) is 1.25. The molecule has 0 unspecified atom stereocenters. The van der Waals surface area contributed by atoms with Gasteiger partial charge in [0.2, 0.25) is 0 Å². The van der Waals surface area contributed by atoms with Crippen LogP contribution in [-0.4, -0.2) is 30.3 Å². The van der Waals surface area contributed by atoms with Gasteiger partial charge in [0.05, 0.1) is 6.61 Å². The predicted molar refractivity (Wildman–Crippen MR) is 60.4 cm³/mol. The molecular formula is C11H21NO4. The van der Waals surface area contributed by atoms with Gasteiger partial charge in [0.15, 0.2) is 0 Å². The highest BCUT2D eigenvalue weighted by Gasteiger charge is 2.03. The van der Waals surface area contributed by atoms with Crippen LogP contribution in [0.1, 0.15) is 45.4 Å². The standard InChI is InChI=1S/C11H21NO4/c1-2-3-4-5-6-7-8-16-11(15)12-9-10(13)14/h2-9H2,1H3,(H,12,15)(H,13,14). The summed E-state index contributed by atoms with van der Waals surface area (Å²) in [6.07, 6.45) is 6.08. The third kappa shape index (κ3) is 10.8. The number of hydrogen-bond donors (Lipinski definition) is 2. The van der Waals surface area contributed by atoms with Gasteiger partial charge < -0.3 is 15.2 Å². The number of carbonyl (C=O) groups excluding carboxylic acids is 1. The van der Waals surface area contributed by atoms with Crippen LogP contribution in [0.2, 0.25) is 0 Å². The Morgan fingerprint density at radius 3 is 2.38 bits per heavy atom. The topological polar surface area (TPSA) is 75.6 Å². The van der Waals surface area contributed by atoms with E-state index in [0.29, 0.717) is 6.61 Å².